The van der Waals surface area contributed by atoms with E-state index in [1.54, 1.807) is 12.4 Å². The summed E-state index contributed by atoms with van der Waals surface area (Å²) in [6.45, 7) is 4.73. The summed E-state index contributed by atoms with van der Waals surface area (Å²) in [7, 11) is 0. The van der Waals surface area contributed by atoms with Crippen molar-refractivity contribution in [3.8, 4) is 11.5 Å². The number of aromatic nitrogens is 4. The SMILES string of the molecule is c1cnc(N2CCCN(Cc3cn[nH]c3-c3cc4ccccc4o3)CC2)nc1. The molecule has 5 rings (SSSR count). The molecule has 7 heteroatoms. The third-order valence-electron chi connectivity index (χ3n) is 5.21. The van der Waals surface area contributed by atoms with Crippen molar-refractivity contribution in [3.63, 3.8) is 0 Å². The van der Waals surface area contributed by atoms with Gasteiger partial charge in [0, 0.05) is 56.1 Å². The van der Waals surface area contributed by atoms with Gasteiger partial charge in [0.2, 0.25) is 5.95 Å². The first-order chi connectivity index (χ1) is 13.9. The second-order valence-corrected chi connectivity index (χ2v) is 7.08. The molecule has 3 aromatic heterocycles. The Balaban J connectivity index is 1.31. The molecule has 0 saturated carbocycles. The van der Waals surface area contributed by atoms with Gasteiger partial charge in [0.05, 0.1) is 6.20 Å². The van der Waals surface area contributed by atoms with Crippen LogP contribution in [0.5, 0.6) is 0 Å². The Labute approximate surface area is 163 Å². The van der Waals surface area contributed by atoms with E-state index in [-0.39, 0.29) is 0 Å². The summed E-state index contributed by atoms with van der Waals surface area (Å²) >= 11 is 0. The molecule has 0 atom stereocenters. The minimum atomic E-state index is 0.815. The summed E-state index contributed by atoms with van der Waals surface area (Å²) in [4.78, 5) is 13.5. The zero-order valence-corrected chi connectivity index (χ0v) is 15.6. The summed E-state index contributed by atoms with van der Waals surface area (Å²) < 4.78 is 6.03. The van der Waals surface area contributed by atoms with Crippen molar-refractivity contribution in [3.05, 3.63) is 60.6 Å². The Hall–Kier alpha value is -3.19. The number of nitrogens with zero attached hydrogens (tertiary/aromatic N) is 5. The van der Waals surface area contributed by atoms with Crippen LogP contribution in [0, 0.1) is 0 Å². The molecule has 4 aromatic rings. The number of aromatic amines is 1. The molecule has 28 heavy (non-hydrogen) atoms. The van der Waals surface area contributed by atoms with E-state index in [0.29, 0.717) is 0 Å². The Morgan fingerprint density at radius 2 is 1.89 bits per heavy atom. The van der Waals surface area contributed by atoms with Crippen LogP contribution in [0.15, 0.2) is 59.4 Å². The number of fused-ring (bicyclic) bond motifs is 1. The van der Waals surface area contributed by atoms with Crippen LogP contribution in [0.4, 0.5) is 5.95 Å². The van der Waals surface area contributed by atoms with E-state index in [0.717, 1.165) is 73.1 Å². The van der Waals surface area contributed by atoms with Crippen molar-refractivity contribution in [1.82, 2.24) is 25.1 Å². The highest BCUT2D eigenvalue weighted by molar-refractivity contribution is 5.82. The van der Waals surface area contributed by atoms with Crippen molar-refractivity contribution in [2.45, 2.75) is 13.0 Å². The molecular weight excluding hydrogens is 352 g/mol. The van der Waals surface area contributed by atoms with E-state index in [4.69, 9.17) is 4.42 Å². The van der Waals surface area contributed by atoms with E-state index < -0.39 is 0 Å². The Kier molecular flexibility index (Phi) is 4.50. The van der Waals surface area contributed by atoms with Gasteiger partial charge in [-0.1, -0.05) is 18.2 Å². The molecule has 1 fully saturated rings. The number of para-hydroxylation sites is 1. The molecule has 1 saturated heterocycles. The lowest BCUT2D eigenvalue weighted by Crippen LogP contribution is -2.31. The number of benzene rings is 1. The molecule has 1 aromatic carbocycles. The Morgan fingerprint density at radius 1 is 1.00 bits per heavy atom. The monoisotopic (exact) mass is 374 g/mol. The van der Waals surface area contributed by atoms with E-state index in [1.807, 2.05) is 30.5 Å². The van der Waals surface area contributed by atoms with Crippen molar-refractivity contribution in [1.29, 1.82) is 0 Å². The zero-order chi connectivity index (χ0) is 18.8. The van der Waals surface area contributed by atoms with Crippen LogP contribution in [-0.4, -0.2) is 51.2 Å². The second-order valence-electron chi connectivity index (χ2n) is 7.08. The topological polar surface area (TPSA) is 74.1 Å². The number of anilines is 1. The van der Waals surface area contributed by atoms with Gasteiger partial charge in [-0.3, -0.25) is 10.00 Å². The first-order valence-electron chi connectivity index (χ1n) is 9.62. The van der Waals surface area contributed by atoms with Crippen molar-refractivity contribution >= 4 is 16.9 Å². The molecule has 7 nitrogen and oxygen atoms in total. The molecule has 0 amide bonds. The number of H-pyrrole nitrogens is 1. The van der Waals surface area contributed by atoms with Crippen LogP contribution in [0.3, 0.4) is 0 Å². The average molecular weight is 374 g/mol. The van der Waals surface area contributed by atoms with Gasteiger partial charge < -0.3 is 9.32 Å². The number of nitrogens with one attached hydrogen (secondary N) is 1. The maximum Gasteiger partial charge on any atom is 0.225 e. The van der Waals surface area contributed by atoms with E-state index in [9.17, 15) is 0 Å². The second kappa shape index (κ2) is 7.44. The molecule has 0 bridgehead atoms. The van der Waals surface area contributed by atoms with Crippen LogP contribution in [0.1, 0.15) is 12.0 Å². The fourth-order valence-corrected chi connectivity index (χ4v) is 3.77. The van der Waals surface area contributed by atoms with E-state index in [2.05, 4.69) is 42.1 Å². The minimum Gasteiger partial charge on any atom is -0.454 e. The quantitative estimate of drug-likeness (QED) is 0.591. The molecule has 0 radical (unpaired) electrons. The molecular formula is C21H22N6O. The van der Waals surface area contributed by atoms with Gasteiger partial charge >= 0.3 is 0 Å². The van der Waals surface area contributed by atoms with Crippen LogP contribution in [0.25, 0.3) is 22.4 Å². The van der Waals surface area contributed by atoms with Crippen molar-refractivity contribution in [2.24, 2.45) is 0 Å². The van der Waals surface area contributed by atoms with E-state index >= 15 is 0 Å². The maximum atomic E-state index is 6.03. The summed E-state index contributed by atoms with van der Waals surface area (Å²) in [5.41, 5.74) is 3.01. The van der Waals surface area contributed by atoms with Crippen molar-refractivity contribution < 1.29 is 4.42 Å². The molecule has 1 aliphatic heterocycles. The zero-order valence-electron chi connectivity index (χ0n) is 15.6. The predicted octanol–water partition coefficient (Wildman–Crippen LogP) is 3.33. The van der Waals surface area contributed by atoms with Crippen LogP contribution in [-0.2, 0) is 6.54 Å². The van der Waals surface area contributed by atoms with Crippen molar-refractivity contribution in [2.75, 3.05) is 31.1 Å². The number of hydrogen-bond donors (Lipinski definition) is 1. The van der Waals surface area contributed by atoms with Gasteiger partial charge in [0.15, 0.2) is 5.76 Å². The Morgan fingerprint density at radius 3 is 2.79 bits per heavy atom. The standard InChI is InChI=1S/C21H22N6O/c1-2-6-18-16(5-1)13-19(28-18)20-17(14-24-25-20)15-26-9-4-10-27(12-11-26)21-22-7-3-8-23-21/h1-3,5-8,13-14H,4,9-12,15H2,(H,24,25). The maximum absolute atomic E-state index is 6.03. The lowest BCUT2D eigenvalue weighted by Gasteiger charge is -2.21. The molecule has 0 aliphatic carbocycles. The molecule has 142 valence electrons. The first kappa shape index (κ1) is 16.9. The third kappa shape index (κ3) is 3.36. The smallest absolute Gasteiger partial charge is 0.225 e. The first-order valence-corrected chi connectivity index (χ1v) is 9.62. The Bertz CT molecular complexity index is 1020. The molecule has 4 heterocycles. The number of rotatable bonds is 4. The van der Waals surface area contributed by atoms with E-state index in [1.165, 1.54) is 0 Å². The highest BCUT2D eigenvalue weighted by atomic mass is 16.3. The average Bonchev–Trinajstić information content (AvgIpc) is 3.30. The minimum absolute atomic E-state index is 0.815. The predicted molar refractivity (Wildman–Crippen MR) is 108 cm³/mol. The van der Waals surface area contributed by atoms with Crippen LogP contribution in [0.2, 0.25) is 0 Å². The molecule has 1 aliphatic rings. The molecule has 1 N–H and O–H groups in total. The fourth-order valence-electron chi connectivity index (χ4n) is 3.77. The van der Waals surface area contributed by atoms with Gasteiger partial charge in [-0.15, -0.1) is 0 Å². The van der Waals surface area contributed by atoms with Crippen LogP contribution >= 0.6 is 0 Å². The third-order valence-corrected chi connectivity index (χ3v) is 5.21. The van der Waals surface area contributed by atoms with Gasteiger partial charge in [-0.2, -0.15) is 5.10 Å². The summed E-state index contributed by atoms with van der Waals surface area (Å²) in [6, 6.07) is 12.0. The molecule has 0 spiro atoms. The number of hydrogen-bond acceptors (Lipinski definition) is 6. The van der Waals surface area contributed by atoms with Gasteiger partial charge in [0.1, 0.15) is 11.3 Å². The highest BCUT2D eigenvalue weighted by Crippen LogP contribution is 2.29. The summed E-state index contributed by atoms with van der Waals surface area (Å²) in [5, 5.41) is 8.50. The summed E-state index contributed by atoms with van der Waals surface area (Å²) in [5.74, 6) is 1.65. The van der Waals surface area contributed by atoms with Gasteiger partial charge in [0.25, 0.3) is 0 Å². The summed E-state index contributed by atoms with van der Waals surface area (Å²) in [6.07, 6.45) is 6.59. The normalized spacial score (nSPS) is 15.8. The highest BCUT2D eigenvalue weighted by Gasteiger charge is 2.19. The van der Waals surface area contributed by atoms with Crippen LogP contribution < -0.4 is 4.90 Å². The lowest BCUT2D eigenvalue weighted by molar-refractivity contribution is 0.285. The largest absolute Gasteiger partial charge is 0.454 e. The van der Waals surface area contributed by atoms with Gasteiger partial charge in [-0.05, 0) is 24.6 Å². The fraction of sp³-hybridized carbons (Fsp3) is 0.286. The lowest BCUT2D eigenvalue weighted by atomic mass is 10.1. The van der Waals surface area contributed by atoms with Gasteiger partial charge in [-0.25, -0.2) is 9.97 Å². The molecule has 0 unspecified atom stereocenters. The number of furan rings is 1.